The van der Waals surface area contributed by atoms with Crippen molar-refractivity contribution in [3.05, 3.63) is 113 Å². The fourth-order valence-corrected chi connectivity index (χ4v) is 8.26. The van der Waals surface area contributed by atoms with Crippen LogP contribution in [-0.4, -0.2) is 35.2 Å². The third kappa shape index (κ3) is 6.43. The normalized spacial score (nSPS) is 22.5. The van der Waals surface area contributed by atoms with Gasteiger partial charge in [0.1, 0.15) is 5.75 Å². The van der Waals surface area contributed by atoms with Crippen LogP contribution >= 0.6 is 0 Å². The molecule has 1 aliphatic carbocycles. The molecule has 250 valence electrons. The van der Waals surface area contributed by atoms with Crippen molar-refractivity contribution in [3.63, 3.8) is 0 Å². The lowest BCUT2D eigenvalue weighted by molar-refractivity contribution is -0.122. The van der Waals surface area contributed by atoms with Gasteiger partial charge in [-0.05, 0) is 103 Å². The highest BCUT2D eigenvalue weighted by Gasteiger charge is 2.57. The topological polar surface area (TPSA) is 99.1 Å². The van der Waals surface area contributed by atoms with Crippen molar-refractivity contribution in [2.45, 2.75) is 64.8 Å². The second-order valence-corrected chi connectivity index (χ2v) is 13.5. The molecular weight excluding hydrogens is 611 g/mol. The number of nitrogens with one attached hydrogen (secondary N) is 1. The summed E-state index contributed by atoms with van der Waals surface area (Å²) in [6.07, 6.45) is 6.77. The van der Waals surface area contributed by atoms with Crippen LogP contribution in [0.4, 0.5) is 17.1 Å². The summed E-state index contributed by atoms with van der Waals surface area (Å²) in [6, 6.07) is 28.9. The molecule has 2 aliphatic heterocycles. The first kappa shape index (κ1) is 32.9. The van der Waals surface area contributed by atoms with Crippen molar-refractivity contribution in [1.82, 2.24) is 0 Å². The van der Waals surface area contributed by atoms with Crippen LogP contribution in [0.5, 0.6) is 5.75 Å². The molecule has 0 saturated carbocycles. The summed E-state index contributed by atoms with van der Waals surface area (Å²) in [5.41, 5.74) is 7.04. The average molecular weight is 655 g/mol. The van der Waals surface area contributed by atoms with E-state index in [1.165, 1.54) is 16.0 Å². The fraction of sp³-hybridized carbons (Fsp3) is 0.317. The van der Waals surface area contributed by atoms with Gasteiger partial charge < -0.3 is 20.1 Å². The molecule has 0 spiro atoms. The van der Waals surface area contributed by atoms with Crippen LogP contribution in [0.25, 0.3) is 16.8 Å². The Balaban J connectivity index is 1.14. The molecular formula is C41H43BN2O5. The number of phenolic OH excluding ortho intramolecular Hbond substituents is 1. The predicted octanol–water partition coefficient (Wildman–Crippen LogP) is 8.66. The Labute approximate surface area is 288 Å². The number of rotatable bonds is 10. The van der Waals surface area contributed by atoms with Gasteiger partial charge in [0.25, 0.3) is 0 Å². The molecule has 0 aromatic heterocycles. The van der Waals surface area contributed by atoms with Crippen LogP contribution in [0.2, 0.25) is 6.32 Å². The summed E-state index contributed by atoms with van der Waals surface area (Å²) in [5, 5.41) is 26.6. The molecule has 8 heteroatoms. The number of carbonyl (C=O) groups excluding carboxylic acids is 2. The lowest BCUT2D eigenvalue weighted by Crippen LogP contribution is -2.46. The molecule has 0 radical (unpaired) electrons. The van der Waals surface area contributed by atoms with Gasteiger partial charge >= 0.3 is 7.12 Å². The number of para-hydroxylation sites is 1. The summed E-state index contributed by atoms with van der Waals surface area (Å²) in [6.45, 7) is 4.28. The van der Waals surface area contributed by atoms with E-state index in [4.69, 9.17) is 4.65 Å². The number of nitrogens with zero attached hydrogens (tertiary/aromatic N) is 1. The maximum Gasteiger partial charge on any atom is 0.455 e. The molecule has 0 unspecified atom stereocenters. The lowest BCUT2D eigenvalue weighted by atomic mass is 9.58. The summed E-state index contributed by atoms with van der Waals surface area (Å²) in [5.74, 6) is -1.27. The van der Waals surface area contributed by atoms with E-state index < -0.39 is 19.0 Å². The van der Waals surface area contributed by atoms with E-state index in [1.54, 1.807) is 6.07 Å². The van der Waals surface area contributed by atoms with Gasteiger partial charge in [-0.1, -0.05) is 86.0 Å². The minimum absolute atomic E-state index is 0.152. The Bertz CT molecular complexity index is 1920. The van der Waals surface area contributed by atoms with E-state index in [-0.39, 0.29) is 29.6 Å². The average Bonchev–Trinajstić information content (AvgIpc) is 3.37. The second-order valence-electron chi connectivity index (χ2n) is 13.5. The van der Waals surface area contributed by atoms with Crippen LogP contribution in [0.1, 0.15) is 57.9 Å². The standard InChI is InChI=1S/C41H43BN2O5/c1-3-10-28-24-34-39(41(47)44(40(34)46)31-19-17-30(18-20-31)43-29-11-6-5-7-12-29)35-25-42(48)49-37(38(28)35)22-15-26(4-2)23-27-16-21-36(45)33-14-9-8-13-32(27)33/h5-9,11-14,16-21,23,34-35,37,39,43,45,48H,3-4,10,15,22,24-25H2,1-2H3/b26-23+/t34-,35+,37-,39-/m1/s1. The minimum Gasteiger partial charge on any atom is -0.507 e. The van der Waals surface area contributed by atoms with Gasteiger partial charge in [0, 0.05) is 16.8 Å². The van der Waals surface area contributed by atoms with Crippen LogP contribution in [0, 0.1) is 17.8 Å². The largest absolute Gasteiger partial charge is 0.507 e. The number of hydrogen-bond donors (Lipinski definition) is 3. The van der Waals surface area contributed by atoms with Gasteiger partial charge in [0.05, 0.1) is 23.6 Å². The molecule has 0 bridgehead atoms. The van der Waals surface area contributed by atoms with E-state index in [2.05, 4.69) is 25.2 Å². The fourth-order valence-electron chi connectivity index (χ4n) is 8.26. The number of amides is 2. The summed E-state index contributed by atoms with van der Waals surface area (Å²) >= 11 is 0. The van der Waals surface area contributed by atoms with Crippen LogP contribution < -0.4 is 10.2 Å². The third-order valence-electron chi connectivity index (χ3n) is 10.5. The number of aromatic hydroxyl groups is 1. The zero-order valence-electron chi connectivity index (χ0n) is 28.1. The van der Waals surface area contributed by atoms with Crippen molar-refractivity contribution in [3.8, 4) is 5.75 Å². The third-order valence-corrected chi connectivity index (χ3v) is 10.5. The molecule has 2 heterocycles. The molecule has 7 rings (SSSR count). The van der Waals surface area contributed by atoms with Crippen molar-refractivity contribution < 1.29 is 24.4 Å². The summed E-state index contributed by atoms with van der Waals surface area (Å²) in [4.78, 5) is 29.6. The van der Waals surface area contributed by atoms with Gasteiger partial charge in [0.15, 0.2) is 0 Å². The Kier molecular flexibility index (Phi) is 9.43. The number of fused-ring (bicyclic) bond motifs is 4. The number of imide groups is 1. The van der Waals surface area contributed by atoms with Crippen molar-refractivity contribution in [1.29, 1.82) is 0 Å². The van der Waals surface area contributed by atoms with Gasteiger partial charge in [-0.2, -0.15) is 0 Å². The first-order valence-corrected chi connectivity index (χ1v) is 17.6. The molecule has 4 aromatic rings. The van der Waals surface area contributed by atoms with Gasteiger partial charge in [0.2, 0.25) is 11.8 Å². The van der Waals surface area contributed by atoms with E-state index in [9.17, 15) is 19.7 Å². The van der Waals surface area contributed by atoms with Crippen molar-refractivity contribution in [2.75, 3.05) is 10.2 Å². The Hall–Kier alpha value is -4.66. The maximum absolute atomic E-state index is 14.2. The first-order chi connectivity index (χ1) is 23.9. The molecule has 49 heavy (non-hydrogen) atoms. The highest BCUT2D eigenvalue weighted by Crippen LogP contribution is 2.52. The smallest absolute Gasteiger partial charge is 0.455 e. The monoisotopic (exact) mass is 654 g/mol. The quantitative estimate of drug-likeness (QED) is 0.0900. The van der Waals surface area contributed by atoms with Crippen LogP contribution in [-0.2, 0) is 14.2 Å². The molecule has 3 N–H and O–H groups in total. The molecule has 3 aliphatic rings. The second kappa shape index (κ2) is 14.1. The van der Waals surface area contributed by atoms with E-state index in [0.717, 1.165) is 59.0 Å². The van der Waals surface area contributed by atoms with Crippen LogP contribution in [0.15, 0.2) is 108 Å². The van der Waals surface area contributed by atoms with E-state index in [0.29, 0.717) is 24.8 Å². The van der Waals surface area contributed by atoms with Gasteiger partial charge in [-0.25, -0.2) is 0 Å². The van der Waals surface area contributed by atoms with Gasteiger partial charge in [-0.3, -0.25) is 14.5 Å². The van der Waals surface area contributed by atoms with Crippen molar-refractivity contribution in [2.24, 2.45) is 17.8 Å². The number of benzene rings is 4. The first-order valence-electron chi connectivity index (χ1n) is 17.6. The van der Waals surface area contributed by atoms with E-state index >= 15 is 0 Å². The number of allylic oxidation sites excluding steroid dienone is 2. The Morgan fingerprint density at radius 3 is 2.35 bits per heavy atom. The number of hydrogen-bond acceptors (Lipinski definition) is 6. The molecule has 4 atom stereocenters. The lowest BCUT2D eigenvalue weighted by Gasteiger charge is -2.43. The number of carbonyl (C=O) groups is 2. The van der Waals surface area contributed by atoms with Crippen molar-refractivity contribution >= 4 is 52.8 Å². The minimum atomic E-state index is -1.00. The molecule has 2 amide bonds. The zero-order chi connectivity index (χ0) is 34.1. The maximum atomic E-state index is 14.2. The Morgan fingerprint density at radius 1 is 0.898 bits per heavy atom. The molecule has 7 nitrogen and oxygen atoms in total. The number of anilines is 3. The SMILES string of the molecule is CCCC1=C2[C@@H](CC/C(=C/c3ccc(O)c4ccccc34)CC)OB(O)C[C@@H]2[C@@H]2C(=O)N(c3ccc(Nc4ccccc4)cc3)C(=O)[C@@H]2C1. The molecule has 2 fully saturated rings. The molecule has 4 aromatic carbocycles. The highest BCUT2D eigenvalue weighted by atomic mass is 16.5. The molecule has 2 saturated heterocycles. The number of phenols is 1. The zero-order valence-corrected chi connectivity index (χ0v) is 28.1. The summed E-state index contributed by atoms with van der Waals surface area (Å²) in [7, 11) is -1.00. The highest BCUT2D eigenvalue weighted by molar-refractivity contribution is 6.43. The van der Waals surface area contributed by atoms with Gasteiger partial charge in [-0.15, -0.1) is 0 Å². The predicted molar refractivity (Wildman–Crippen MR) is 196 cm³/mol. The Morgan fingerprint density at radius 2 is 1.61 bits per heavy atom. The summed E-state index contributed by atoms with van der Waals surface area (Å²) < 4.78 is 6.27. The van der Waals surface area contributed by atoms with Crippen LogP contribution in [0.3, 0.4) is 0 Å². The van der Waals surface area contributed by atoms with E-state index in [1.807, 2.05) is 84.9 Å².